The zero-order valence-electron chi connectivity index (χ0n) is 5.63. The molecule has 0 aliphatic carbocycles. The van der Waals surface area contributed by atoms with Crippen LogP contribution in [0.1, 0.15) is 0 Å². The molecule has 0 amide bonds. The van der Waals surface area contributed by atoms with Gasteiger partial charge in [0.25, 0.3) is 0 Å². The van der Waals surface area contributed by atoms with Gasteiger partial charge in [-0.25, -0.2) is 0 Å². The molecule has 0 saturated heterocycles. The minimum Gasteiger partial charge on any atom is -0.462 e. The molecule has 0 bridgehead atoms. The minimum atomic E-state index is -2.75. The fourth-order valence-corrected chi connectivity index (χ4v) is 0.553. The second kappa shape index (κ2) is 5.61. The van der Waals surface area contributed by atoms with Gasteiger partial charge in [0.05, 0.1) is 0 Å². The standard InChI is InChI=1S/C7H5F2O.Y/c8-7(9)10-6-4-2-1-3-5-6;/h2-5,7H;/q-1;. The van der Waals surface area contributed by atoms with Gasteiger partial charge in [0.1, 0.15) is 0 Å². The van der Waals surface area contributed by atoms with Gasteiger partial charge in [-0.05, 0) is 0 Å². The smallest absolute Gasteiger partial charge is 0.385 e. The van der Waals surface area contributed by atoms with E-state index < -0.39 is 6.61 Å². The summed E-state index contributed by atoms with van der Waals surface area (Å²) in [6.45, 7) is -2.75. The average molecular weight is 232 g/mol. The SMILES string of the molecule is FC(F)Oc1cc[c-]cc1.[Y]. The molecule has 1 rings (SSSR count). The van der Waals surface area contributed by atoms with Crippen LogP contribution < -0.4 is 4.74 Å². The Morgan fingerprint density at radius 2 is 1.82 bits per heavy atom. The van der Waals surface area contributed by atoms with E-state index in [1.807, 2.05) is 0 Å². The van der Waals surface area contributed by atoms with Crippen molar-refractivity contribution in [3.8, 4) is 5.75 Å². The number of hydrogen-bond donors (Lipinski definition) is 0. The molecule has 0 aromatic heterocycles. The first-order valence-electron chi connectivity index (χ1n) is 2.70. The summed E-state index contributed by atoms with van der Waals surface area (Å²) in [4.78, 5) is 0. The zero-order valence-corrected chi connectivity index (χ0v) is 8.47. The Labute approximate surface area is 88.6 Å². The van der Waals surface area contributed by atoms with Crippen LogP contribution in [0.15, 0.2) is 24.3 Å². The fourth-order valence-electron chi connectivity index (χ4n) is 0.553. The molecular formula is C7H5F2OY-. The van der Waals surface area contributed by atoms with Gasteiger partial charge in [-0.15, -0.1) is 12.1 Å². The predicted octanol–water partition coefficient (Wildman–Crippen LogP) is 2.09. The van der Waals surface area contributed by atoms with Crippen molar-refractivity contribution in [1.82, 2.24) is 0 Å². The number of alkyl halides is 2. The van der Waals surface area contributed by atoms with Crippen LogP contribution in [0, 0.1) is 6.07 Å². The molecule has 0 unspecified atom stereocenters. The minimum absolute atomic E-state index is 0. The van der Waals surface area contributed by atoms with Crippen molar-refractivity contribution >= 4 is 0 Å². The number of ether oxygens (including phenoxy) is 1. The molecule has 0 saturated carbocycles. The number of hydrogen-bond acceptors (Lipinski definition) is 1. The van der Waals surface area contributed by atoms with Crippen LogP contribution in [0.2, 0.25) is 0 Å². The third kappa shape index (κ3) is 4.43. The molecule has 0 aliphatic heterocycles. The normalized spacial score (nSPS) is 9.00. The molecule has 11 heavy (non-hydrogen) atoms. The molecule has 1 aromatic carbocycles. The van der Waals surface area contributed by atoms with E-state index in [0.29, 0.717) is 0 Å². The molecular weight excluding hydrogens is 227 g/mol. The van der Waals surface area contributed by atoms with Crippen LogP contribution in [0.5, 0.6) is 5.75 Å². The quantitative estimate of drug-likeness (QED) is 0.709. The van der Waals surface area contributed by atoms with Crippen molar-refractivity contribution in [3.05, 3.63) is 30.3 Å². The second-order valence-corrected chi connectivity index (χ2v) is 1.61. The summed E-state index contributed by atoms with van der Waals surface area (Å²) in [7, 11) is 0. The van der Waals surface area contributed by atoms with Crippen molar-refractivity contribution in [1.29, 1.82) is 0 Å². The van der Waals surface area contributed by atoms with Crippen LogP contribution in [0.3, 0.4) is 0 Å². The first-order chi connectivity index (χ1) is 4.79. The van der Waals surface area contributed by atoms with Crippen molar-refractivity contribution in [3.63, 3.8) is 0 Å². The Hall–Kier alpha value is -0.0161. The van der Waals surface area contributed by atoms with Crippen LogP contribution in [0.25, 0.3) is 0 Å². The molecule has 0 fully saturated rings. The van der Waals surface area contributed by atoms with Crippen molar-refractivity contribution < 1.29 is 46.2 Å². The van der Waals surface area contributed by atoms with Crippen LogP contribution in [0.4, 0.5) is 8.78 Å². The van der Waals surface area contributed by atoms with E-state index in [9.17, 15) is 8.78 Å². The summed E-state index contributed by atoms with van der Waals surface area (Å²) in [5.74, 6) is 0.161. The van der Waals surface area contributed by atoms with Gasteiger partial charge in [-0.1, -0.05) is 0 Å². The van der Waals surface area contributed by atoms with E-state index >= 15 is 0 Å². The molecule has 0 heterocycles. The molecule has 1 aromatic rings. The molecule has 0 N–H and O–H groups in total. The number of halogens is 2. The maximum atomic E-state index is 11.5. The third-order valence-corrected chi connectivity index (χ3v) is 0.913. The monoisotopic (exact) mass is 232 g/mol. The zero-order chi connectivity index (χ0) is 7.40. The Morgan fingerprint density at radius 1 is 1.27 bits per heavy atom. The summed E-state index contributed by atoms with van der Waals surface area (Å²) in [5.41, 5.74) is 0. The molecule has 4 heteroatoms. The van der Waals surface area contributed by atoms with Gasteiger partial charge in [0.2, 0.25) is 0 Å². The third-order valence-electron chi connectivity index (χ3n) is 0.913. The predicted molar refractivity (Wildman–Crippen MR) is 31.9 cm³/mol. The maximum absolute atomic E-state index is 11.5. The van der Waals surface area contributed by atoms with Crippen molar-refractivity contribution in [2.24, 2.45) is 0 Å². The number of benzene rings is 1. The molecule has 0 atom stereocenters. The fraction of sp³-hybridized carbons (Fsp3) is 0.143. The van der Waals surface area contributed by atoms with Gasteiger partial charge in [0.15, 0.2) is 0 Å². The topological polar surface area (TPSA) is 9.23 Å². The van der Waals surface area contributed by atoms with Crippen molar-refractivity contribution in [2.45, 2.75) is 6.61 Å². The van der Waals surface area contributed by atoms with E-state index in [-0.39, 0.29) is 38.5 Å². The molecule has 57 valence electrons. The second-order valence-electron chi connectivity index (χ2n) is 1.61. The van der Waals surface area contributed by atoms with Crippen molar-refractivity contribution in [2.75, 3.05) is 0 Å². The summed E-state index contributed by atoms with van der Waals surface area (Å²) >= 11 is 0. The summed E-state index contributed by atoms with van der Waals surface area (Å²) < 4.78 is 27.0. The Morgan fingerprint density at radius 3 is 2.27 bits per heavy atom. The molecule has 0 aliphatic rings. The first-order valence-corrected chi connectivity index (χ1v) is 2.70. The molecule has 1 nitrogen and oxygen atoms in total. The van der Waals surface area contributed by atoms with Gasteiger partial charge < -0.3 is 4.74 Å². The van der Waals surface area contributed by atoms with Gasteiger partial charge in [-0.2, -0.15) is 27.0 Å². The van der Waals surface area contributed by atoms with E-state index in [1.165, 1.54) is 24.3 Å². The summed E-state index contributed by atoms with van der Waals surface area (Å²) in [6.07, 6.45) is 0. The van der Waals surface area contributed by atoms with E-state index in [4.69, 9.17) is 0 Å². The Bertz CT molecular complexity index is 191. The van der Waals surface area contributed by atoms with Gasteiger partial charge >= 0.3 is 6.61 Å². The summed E-state index contributed by atoms with van der Waals surface area (Å²) in [5, 5.41) is 0. The average Bonchev–Trinajstić information content (AvgIpc) is 1.88. The van der Waals surface area contributed by atoms with E-state index in [0.717, 1.165) is 0 Å². The van der Waals surface area contributed by atoms with Crippen LogP contribution >= 0.6 is 0 Å². The van der Waals surface area contributed by atoms with Gasteiger partial charge in [0, 0.05) is 38.5 Å². The van der Waals surface area contributed by atoms with E-state index in [2.05, 4.69) is 10.8 Å². The Kier molecular flexibility index (Phi) is 5.60. The maximum Gasteiger partial charge on any atom is 0.385 e. The number of rotatable bonds is 2. The van der Waals surface area contributed by atoms with Crippen LogP contribution in [-0.2, 0) is 32.7 Å². The van der Waals surface area contributed by atoms with Crippen LogP contribution in [-0.4, -0.2) is 6.61 Å². The first kappa shape index (κ1) is 11.0. The molecule has 0 spiro atoms. The summed E-state index contributed by atoms with van der Waals surface area (Å²) in [6, 6.07) is 8.55. The van der Waals surface area contributed by atoms with E-state index in [1.54, 1.807) is 0 Å². The Balaban J connectivity index is 0.000001000. The largest absolute Gasteiger partial charge is 0.462 e. The molecule has 1 radical (unpaired) electrons. The van der Waals surface area contributed by atoms with Gasteiger partial charge in [-0.3, -0.25) is 0 Å².